The summed E-state index contributed by atoms with van der Waals surface area (Å²) in [5.41, 5.74) is 5.61. The average molecular weight is 324 g/mol. The zero-order valence-corrected chi connectivity index (χ0v) is 13.7. The van der Waals surface area contributed by atoms with Gasteiger partial charge in [-0.1, -0.05) is 12.1 Å². The van der Waals surface area contributed by atoms with Gasteiger partial charge in [0.2, 0.25) is 5.91 Å². The molecule has 2 aromatic rings. The molecular weight excluding hydrogens is 304 g/mol. The summed E-state index contributed by atoms with van der Waals surface area (Å²) in [6.07, 6.45) is 0.107. The Hall–Kier alpha value is -1.21. The molecule has 2 N–H and O–H groups in total. The van der Waals surface area contributed by atoms with Gasteiger partial charge in [0.25, 0.3) is 0 Å². The van der Waals surface area contributed by atoms with Crippen molar-refractivity contribution in [2.75, 3.05) is 13.7 Å². The lowest BCUT2D eigenvalue weighted by Gasteiger charge is -2.23. The Balaban J connectivity index is 2.05. The molecule has 0 bridgehead atoms. The molecule has 0 aliphatic rings. The summed E-state index contributed by atoms with van der Waals surface area (Å²) in [5, 5.41) is 4.06. The van der Waals surface area contributed by atoms with Gasteiger partial charge in [0.15, 0.2) is 0 Å². The fourth-order valence-corrected chi connectivity index (χ4v) is 3.44. The zero-order valence-electron chi connectivity index (χ0n) is 12.0. The molecule has 1 unspecified atom stereocenters. The first-order chi connectivity index (χ1) is 10.2. The highest BCUT2D eigenvalue weighted by molar-refractivity contribution is 7.10. The number of amides is 1. The summed E-state index contributed by atoms with van der Waals surface area (Å²) < 4.78 is 5.22. The van der Waals surface area contributed by atoms with Crippen LogP contribution in [0.4, 0.5) is 0 Å². The van der Waals surface area contributed by atoms with Crippen molar-refractivity contribution in [1.82, 2.24) is 4.90 Å². The largest absolute Gasteiger partial charge is 0.380 e. The van der Waals surface area contributed by atoms with Gasteiger partial charge in [0.05, 0.1) is 25.6 Å². The van der Waals surface area contributed by atoms with E-state index in [0.717, 1.165) is 0 Å². The molecule has 0 saturated carbocycles. The molecular formula is C15H20N2O2S2. The number of carbonyl (C=O) groups is 1. The summed E-state index contributed by atoms with van der Waals surface area (Å²) in [7, 11) is 1.59. The predicted molar refractivity (Wildman–Crippen MR) is 87.4 cm³/mol. The van der Waals surface area contributed by atoms with Crippen molar-refractivity contribution in [2.24, 2.45) is 5.73 Å². The molecule has 0 fully saturated rings. The lowest BCUT2D eigenvalue weighted by Crippen LogP contribution is -2.35. The van der Waals surface area contributed by atoms with E-state index < -0.39 is 0 Å². The lowest BCUT2D eigenvalue weighted by atomic mass is 10.2. The highest BCUT2D eigenvalue weighted by Gasteiger charge is 2.19. The van der Waals surface area contributed by atoms with Gasteiger partial charge in [-0.3, -0.25) is 4.79 Å². The summed E-state index contributed by atoms with van der Waals surface area (Å²) in [5.74, 6) is 0.0779. The van der Waals surface area contributed by atoms with E-state index in [0.29, 0.717) is 26.1 Å². The summed E-state index contributed by atoms with van der Waals surface area (Å²) in [4.78, 5) is 16.8. The third-order valence-electron chi connectivity index (χ3n) is 3.20. The number of rotatable bonds is 8. The van der Waals surface area contributed by atoms with Crippen LogP contribution in [0.15, 0.2) is 35.0 Å². The van der Waals surface area contributed by atoms with Crippen LogP contribution in [0, 0.1) is 0 Å². The summed E-state index contributed by atoms with van der Waals surface area (Å²) in [6.45, 7) is 1.62. The van der Waals surface area contributed by atoms with Crippen LogP contribution < -0.4 is 5.73 Å². The molecule has 2 aromatic heterocycles. The number of hydrogen-bond donors (Lipinski definition) is 1. The van der Waals surface area contributed by atoms with E-state index in [1.165, 1.54) is 9.75 Å². The van der Waals surface area contributed by atoms with Crippen molar-refractivity contribution in [3.63, 3.8) is 0 Å². The molecule has 0 aliphatic heterocycles. The Kier molecular flexibility index (Phi) is 6.38. The Bertz CT molecular complexity index is 486. The predicted octanol–water partition coefficient (Wildman–Crippen LogP) is 2.70. The fourth-order valence-electron chi connectivity index (χ4n) is 2.00. The Labute approximate surface area is 133 Å². The topological polar surface area (TPSA) is 55.6 Å². The molecule has 21 heavy (non-hydrogen) atoms. The lowest BCUT2D eigenvalue weighted by molar-refractivity contribution is -0.134. The number of thiophene rings is 2. The third kappa shape index (κ3) is 4.93. The fraction of sp³-hybridized carbons (Fsp3) is 0.400. The van der Waals surface area contributed by atoms with E-state index in [4.69, 9.17) is 10.5 Å². The van der Waals surface area contributed by atoms with E-state index >= 15 is 0 Å². The van der Waals surface area contributed by atoms with Gasteiger partial charge in [-0.25, -0.2) is 0 Å². The molecule has 1 atom stereocenters. The van der Waals surface area contributed by atoms with Crippen LogP contribution in [0.3, 0.4) is 0 Å². The van der Waals surface area contributed by atoms with E-state index in [2.05, 4.69) is 12.1 Å². The smallest absolute Gasteiger partial charge is 0.225 e. The highest BCUT2D eigenvalue weighted by Crippen LogP contribution is 2.18. The van der Waals surface area contributed by atoms with Gasteiger partial charge in [0, 0.05) is 23.4 Å². The second-order valence-electron chi connectivity index (χ2n) is 4.71. The van der Waals surface area contributed by atoms with Gasteiger partial charge in [-0.05, 0) is 22.9 Å². The Morgan fingerprint density at radius 2 is 1.81 bits per heavy atom. The van der Waals surface area contributed by atoms with Crippen LogP contribution in [-0.2, 0) is 22.6 Å². The molecule has 0 saturated heterocycles. The maximum absolute atomic E-state index is 12.5. The highest BCUT2D eigenvalue weighted by atomic mass is 32.1. The summed E-state index contributed by atoms with van der Waals surface area (Å²) >= 11 is 3.33. The van der Waals surface area contributed by atoms with Gasteiger partial charge in [-0.15, -0.1) is 22.7 Å². The number of methoxy groups -OCH3 is 1. The molecule has 2 heterocycles. The van der Waals surface area contributed by atoms with E-state index in [9.17, 15) is 4.79 Å². The average Bonchev–Trinajstić information content (AvgIpc) is 3.17. The second-order valence-corrected chi connectivity index (χ2v) is 6.77. The Morgan fingerprint density at radius 3 is 2.19 bits per heavy atom. The number of nitrogens with two attached hydrogens (primary N) is 1. The number of ether oxygens (including phenoxy) is 1. The SMILES string of the molecule is COC(CN)CC(=O)N(Cc1cccs1)Cc1cccs1. The van der Waals surface area contributed by atoms with Gasteiger partial charge in [-0.2, -0.15) is 0 Å². The molecule has 0 radical (unpaired) electrons. The van der Waals surface area contributed by atoms with Crippen LogP contribution >= 0.6 is 22.7 Å². The second kappa shape index (κ2) is 8.29. The first kappa shape index (κ1) is 16.2. The standard InChI is InChI=1S/C15H20N2O2S2/c1-19-12(9-16)8-15(18)17(10-13-4-2-6-20-13)11-14-5-3-7-21-14/h2-7,12H,8-11,16H2,1H3. The normalized spacial score (nSPS) is 12.3. The van der Waals surface area contributed by atoms with E-state index in [-0.39, 0.29) is 12.0 Å². The van der Waals surface area contributed by atoms with Crippen molar-refractivity contribution in [3.05, 3.63) is 44.8 Å². The van der Waals surface area contributed by atoms with E-state index in [1.807, 2.05) is 27.8 Å². The number of carbonyl (C=O) groups excluding carboxylic acids is 1. The van der Waals surface area contributed by atoms with Crippen LogP contribution in [0.1, 0.15) is 16.2 Å². The van der Waals surface area contributed by atoms with Crippen LogP contribution in [0.5, 0.6) is 0 Å². The van der Waals surface area contributed by atoms with Crippen molar-refractivity contribution < 1.29 is 9.53 Å². The molecule has 4 nitrogen and oxygen atoms in total. The molecule has 2 rings (SSSR count). The monoisotopic (exact) mass is 324 g/mol. The van der Waals surface area contributed by atoms with E-state index in [1.54, 1.807) is 29.8 Å². The number of nitrogens with zero attached hydrogens (tertiary/aromatic N) is 1. The van der Waals surface area contributed by atoms with Crippen molar-refractivity contribution in [1.29, 1.82) is 0 Å². The van der Waals surface area contributed by atoms with Crippen molar-refractivity contribution in [3.8, 4) is 0 Å². The molecule has 114 valence electrons. The van der Waals surface area contributed by atoms with Gasteiger partial charge >= 0.3 is 0 Å². The zero-order chi connectivity index (χ0) is 15.1. The van der Waals surface area contributed by atoms with Crippen molar-refractivity contribution in [2.45, 2.75) is 25.6 Å². The maximum Gasteiger partial charge on any atom is 0.225 e. The first-order valence-electron chi connectivity index (χ1n) is 6.78. The summed E-state index contributed by atoms with van der Waals surface area (Å²) in [6, 6.07) is 8.11. The minimum atomic E-state index is -0.216. The Morgan fingerprint density at radius 1 is 1.24 bits per heavy atom. The first-order valence-corrected chi connectivity index (χ1v) is 8.54. The molecule has 0 aromatic carbocycles. The van der Waals surface area contributed by atoms with Gasteiger partial charge < -0.3 is 15.4 Å². The van der Waals surface area contributed by atoms with Crippen LogP contribution in [0.25, 0.3) is 0 Å². The molecule has 6 heteroatoms. The maximum atomic E-state index is 12.5. The molecule has 0 aliphatic carbocycles. The van der Waals surface area contributed by atoms with Crippen LogP contribution in [0.2, 0.25) is 0 Å². The van der Waals surface area contributed by atoms with Gasteiger partial charge in [0.1, 0.15) is 0 Å². The quantitative estimate of drug-likeness (QED) is 0.812. The minimum Gasteiger partial charge on any atom is -0.380 e. The third-order valence-corrected chi connectivity index (χ3v) is 4.93. The minimum absolute atomic E-state index is 0.0779. The molecule has 1 amide bonds. The molecule has 0 spiro atoms. The van der Waals surface area contributed by atoms with Crippen molar-refractivity contribution >= 4 is 28.6 Å². The number of hydrogen-bond acceptors (Lipinski definition) is 5. The van der Waals surface area contributed by atoms with Crippen LogP contribution in [-0.4, -0.2) is 30.6 Å².